The molecular formula is C22H22F2N2O4S2. The highest BCUT2D eigenvalue weighted by molar-refractivity contribution is 7.90. The lowest BCUT2D eigenvalue weighted by atomic mass is 10.00. The standard InChI is InChI=1S/C22H22F2N2O4S2/c1-26(32(29,30)21-13-11-20(24)12-14-21)15-16-31(27,28)25-22(17-5-3-2-4-6-17)18-7-9-19(23)10-8-18/h2-14,22,25H,15-16H2,1H3/t22-/m1/s1. The quantitative estimate of drug-likeness (QED) is 0.510. The van der Waals surface area contributed by atoms with Crippen LogP contribution in [0.3, 0.4) is 0 Å². The van der Waals surface area contributed by atoms with Crippen molar-refractivity contribution in [3.8, 4) is 0 Å². The summed E-state index contributed by atoms with van der Waals surface area (Å²) in [5, 5.41) is 0. The van der Waals surface area contributed by atoms with Crippen molar-refractivity contribution < 1.29 is 25.6 Å². The van der Waals surface area contributed by atoms with E-state index in [9.17, 15) is 25.6 Å². The Morgan fingerprint density at radius 1 is 0.781 bits per heavy atom. The Balaban J connectivity index is 1.77. The molecule has 0 saturated carbocycles. The summed E-state index contributed by atoms with van der Waals surface area (Å²) in [5.74, 6) is -1.53. The number of rotatable bonds is 9. The van der Waals surface area contributed by atoms with Gasteiger partial charge < -0.3 is 0 Å². The SMILES string of the molecule is CN(CCS(=O)(=O)N[C@H](c1ccccc1)c1ccc(F)cc1)S(=O)(=O)c1ccc(F)cc1. The third kappa shape index (κ3) is 5.98. The van der Waals surface area contributed by atoms with E-state index >= 15 is 0 Å². The predicted octanol–water partition coefficient (Wildman–Crippen LogP) is 3.29. The molecule has 3 aromatic carbocycles. The van der Waals surface area contributed by atoms with Gasteiger partial charge in [-0.3, -0.25) is 0 Å². The molecule has 0 heterocycles. The van der Waals surface area contributed by atoms with Crippen LogP contribution in [0.1, 0.15) is 17.2 Å². The lowest BCUT2D eigenvalue weighted by molar-refractivity contribution is 0.482. The molecule has 170 valence electrons. The van der Waals surface area contributed by atoms with Gasteiger partial charge in [0, 0.05) is 13.6 Å². The van der Waals surface area contributed by atoms with Crippen LogP contribution in [-0.2, 0) is 20.0 Å². The van der Waals surface area contributed by atoms with Gasteiger partial charge in [0.2, 0.25) is 20.0 Å². The first-order valence-electron chi connectivity index (χ1n) is 9.61. The second-order valence-corrected chi connectivity index (χ2v) is 11.0. The molecule has 0 aromatic heterocycles. The highest BCUT2D eigenvalue weighted by Crippen LogP contribution is 2.23. The van der Waals surface area contributed by atoms with Crippen molar-refractivity contribution >= 4 is 20.0 Å². The van der Waals surface area contributed by atoms with Crippen LogP contribution in [0.15, 0.2) is 83.8 Å². The topological polar surface area (TPSA) is 83.6 Å². The summed E-state index contributed by atoms with van der Waals surface area (Å²) in [6.07, 6.45) is 0. The van der Waals surface area contributed by atoms with Crippen LogP contribution in [-0.4, -0.2) is 40.5 Å². The lowest BCUT2D eigenvalue weighted by Crippen LogP contribution is -2.37. The summed E-state index contributed by atoms with van der Waals surface area (Å²) in [6, 6.07) is 17.7. The molecule has 0 aliphatic rings. The van der Waals surface area contributed by atoms with Crippen molar-refractivity contribution in [3.05, 3.63) is 102 Å². The number of hydrogen-bond donors (Lipinski definition) is 1. The van der Waals surface area contributed by atoms with Crippen LogP contribution in [0.5, 0.6) is 0 Å². The molecule has 1 N–H and O–H groups in total. The van der Waals surface area contributed by atoms with Gasteiger partial charge in [-0.15, -0.1) is 0 Å². The fourth-order valence-electron chi connectivity index (χ4n) is 3.02. The normalized spacial score (nSPS) is 13.2. The molecule has 0 aliphatic heterocycles. The average molecular weight is 481 g/mol. The molecule has 0 saturated heterocycles. The van der Waals surface area contributed by atoms with Gasteiger partial charge in [-0.25, -0.2) is 30.3 Å². The van der Waals surface area contributed by atoms with Crippen molar-refractivity contribution in [1.29, 1.82) is 0 Å². The molecule has 0 fully saturated rings. The zero-order valence-corrected chi connectivity index (χ0v) is 18.8. The molecule has 6 nitrogen and oxygen atoms in total. The first-order chi connectivity index (χ1) is 15.1. The predicted molar refractivity (Wildman–Crippen MR) is 118 cm³/mol. The summed E-state index contributed by atoms with van der Waals surface area (Å²) < 4.78 is 80.8. The van der Waals surface area contributed by atoms with E-state index in [2.05, 4.69) is 4.72 Å². The van der Waals surface area contributed by atoms with Gasteiger partial charge in [0.15, 0.2) is 0 Å². The molecule has 32 heavy (non-hydrogen) atoms. The Bertz CT molecular complexity index is 1250. The minimum absolute atomic E-state index is 0.139. The molecule has 10 heteroatoms. The number of benzene rings is 3. The van der Waals surface area contributed by atoms with Crippen LogP contribution >= 0.6 is 0 Å². The zero-order valence-electron chi connectivity index (χ0n) is 17.1. The van der Waals surface area contributed by atoms with Crippen molar-refractivity contribution in [1.82, 2.24) is 9.03 Å². The largest absolute Gasteiger partial charge is 0.242 e. The second-order valence-electron chi connectivity index (χ2n) is 7.11. The van der Waals surface area contributed by atoms with Crippen molar-refractivity contribution in [3.63, 3.8) is 0 Å². The highest BCUT2D eigenvalue weighted by atomic mass is 32.2. The first kappa shape index (κ1) is 24.0. The van der Waals surface area contributed by atoms with Crippen LogP contribution < -0.4 is 4.72 Å². The van der Waals surface area contributed by atoms with Gasteiger partial charge in [-0.2, -0.15) is 4.31 Å². The van der Waals surface area contributed by atoms with E-state index < -0.39 is 43.5 Å². The molecule has 3 aromatic rings. The van der Waals surface area contributed by atoms with E-state index in [0.717, 1.165) is 28.6 Å². The summed E-state index contributed by atoms with van der Waals surface area (Å²) in [4.78, 5) is -0.139. The van der Waals surface area contributed by atoms with E-state index in [1.54, 1.807) is 30.3 Å². The van der Waals surface area contributed by atoms with Crippen LogP contribution in [0.4, 0.5) is 8.78 Å². The van der Waals surface area contributed by atoms with Gasteiger partial charge in [-0.1, -0.05) is 42.5 Å². The number of nitrogens with one attached hydrogen (secondary N) is 1. The van der Waals surface area contributed by atoms with Crippen molar-refractivity contribution in [2.75, 3.05) is 19.3 Å². The molecule has 0 unspecified atom stereocenters. The van der Waals surface area contributed by atoms with Crippen LogP contribution in [0.25, 0.3) is 0 Å². The maximum Gasteiger partial charge on any atom is 0.242 e. The van der Waals surface area contributed by atoms with E-state index in [1.165, 1.54) is 31.3 Å². The smallest absolute Gasteiger partial charge is 0.212 e. The molecule has 0 spiro atoms. The summed E-state index contributed by atoms with van der Waals surface area (Å²) in [5.41, 5.74) is 1.18. The van der Waals surface area contributed by atoms with E-state index in [-0.39, 0.29) is 11.4 Å². The minimum Gasteiger partial charge on any atom is -0.212 e. The number of nitrogens with zero attached hydrogens (tertiary/aromatic N) is 1. The second kappa shape index (κ2) is 9.86. The Labute approximate surface area is 186 Å². The minimum atomic E-state index is -3.98. The third-order valence-electron chi connectivity index (χ3n) is 4.83. The zero-order chi connectivity index (χ0) is 23.4. The van der Waals surface area contributed by atoms with Crippen molar-refractivity contribution in [2.45, 2.75) is 10.9 Å². The Hall–Kier alpha value is -2.66. The number of sulfonamides is 2. The Morgan fingerprint density at radius 3 is 1.84 bits per heavy atom. The maximum absolute atomic E-state index is 13.4. The molecule has 0 amide bonds. The average Bonchev–Trinajstić information content (AvgIpc) is 2.77. The molecule has 0 aliphatic carbocycles. The lowest BCUT2D eigenvalue weighted by Gasteiger charge is -2.21. The maximum atomic E-state index is 13.4. The number of hydrogen-bond acceptors (Lipinski definition) is 4. The van der Waals surface area contributed by atoms with Crippen LogP contribution in [0.2, 0.25) is 0 Å². The van der Waals surface area contributed by atoms with Crippen LogP contribution in [0, 0.1) is 11.6 Å². The van der Waals surface area contributed by atoms with Gasteiger partial charge in [0.1, 0.15) is 11.6 Å². The van der Waals surface area contributed by atoms with Gasteiger partial charge in [-0.05, 0) is 47.5 Å². The molecule has 1 atom stereocenters. The van der Waals surface area contributed by atoms with E-state index in [1.807, 2.05) is 0 Å². The van der Waals surface area contributed by atoms with Gasteiger partial charge in [0.25, 0.3) is 0 Å². The summed E-state index contributed by atoms with van der Waals surface area (Å²) in [6.45, 7) is -0.319. The highest BCUT2D eigenvalue weighted by Gasteiger charge is 2.25. The van der Waals surface area contributed by atoms with E-state index in [4.69, 9.17) is 0 Å². The summed E-state index contributed by atoms with van der Waals surface area (Å²) >= 11 is 0. The fourth-order valence-corrected chi connectivity index (χ4v) is 5.57. The monoisotopic (exact) mass is 480 g/mol. The number of halogens is 2. The Kier molecular flexibility index (Phi) is 7.40. The van der Waals surface area contributed by atoms with Gasteiger partial charge in [0.05, 0.1) is 16.7 Å². The molecule has 0 bridgehead atoms. The molecule has 3 rings (SSSR count). The van der Waals surface area contributed by atoms with Crippen molar-refractivity contribution in [2.24, 2.45) is 0 Å². The summed E-state index contributed by atoms with van der Waals surface area (Å²) in [7, 11) is -6.67. The third-order valence-corrected chi connectivity index (χ3v) is 8.02. The fraction of sp³-hybridized carbons (Fsp3) is 0.182. The van der Waals surface area contributed by atoms with E-state index in [0.29, 0.717) is 11.1 Å². The molecule has 0 radical (unpaired) electrons. The Morgan fingerprint density at radius 2 is 1.28 bits per heavy atom. The van der Waals surface area contributed by atoms with Gasteiger partial charge >= 0.3 is 0 Å². The molecular weight excluding hydrogens is 458 g/mol. The first-order valence-corrected chi connectivity index (χ1v) is 12.7.